The molecule has 0 aliphatic heterocycles. The van der Waals surface area contributed by atoms with Gasteiger partial charge >= 0.3 is 0 Å². The topological polar surface area (TPSA) is 38.8 Å². The van der Waals surface area contributed by atoms with Gasteiger partial charge in [0.25, 0.3) is 5.91 Å². The van der Waals surface area contributed by atoms with Crippen molar-refractivity contribution in [1.82, 2.24) is 4.90 Å². The van der Waals surface area contributed by atoms with Crippen molar-refractivity contribution in [2.75, 3.05) is 27.3 Å². The third-order valence-electron chi connectivity index (χ3n) is 3.22. The number of ether oxygens (including phenoxy) is 2. The zero-order valence-corrected chi connectivity index (χ0v) is 12.7. The monoisotopic (exact) mass is 277 g/mol. The number of hydrogen-bond donors (Lipinski definition) is 0. The lowest BCUT2D eigenvalue weighted by atomic mass is 10.0. The molecular formula is C16H23NO3. The Morgan fingerprint density at radius 3 is 2.35 bits per heavy atom. The Bertz CT molecular complexity index is 479. The number of hydrogen-bond acceptors (Lipinski definition) is 3. The van der Waals surface area contributed by atoms with Gasteiger partial charge in [0, 0.05) is 24.2 Å². The Morgan fingerprint density at radius 1 is 1.25 bits per heavy atom. The van der Waals surface area contributed by atoms with Crippen molar-refractivity contribution >= 4 is 5.91 Å². The molecule has 0 aliphatic carbocycles. The Morgan fingerprint density at radius 2 is 1.90 bits per heavy atom. The minimum atomic E-state index is 0.00117. The van der Waals surface area contributed by atoms with Crippen molar-refractivity contribution in [3.8, 4) is 11.5 Å². The van der Waals surface area contributed by atoms with Gasteiger partial charge in [0.15, 0.2) is 11.5 Å². The predicted molar refractivity (Wildman–Crippen MR) is 80.7 cm³/mol. The van der Waals surface area contributed by atoms with E-state index >= 15 is 0 Å². The van der Waals surface area contributed by atoms with E-state index in [2.05, 4.69) is 6.58 Å². The fraction of sp³-hybridized carbons (Fsp3) is 0.438. The minimum absolute atomic E-state index is 0.00117. The molecule has 20 heavy (non-hydrogen) atoms. The first-order chi connectivity index (χ1) is 9.62. The van der Waals surface area contributed by atoms with Gasteiger partial charge in [-0.3, -0.25) is 4.79 Å². The molecule has 0 unspecified atom stereocenters. The largest absolute Gasteiger partial charge is 0.493 e. The third kappa shape index (κ3) is 3.32. The average molecular weight is 277 g/mol. The number of carbonyl (C=O) groups excluding carboxylic acids is 1. The lowest BCUT2D eigenvalue weighted by molar-refractivity contribution is 0.0772. The number of methoxy groups -OCH3 is 2. The van der Waals surface area contributed by atoms with Crippen LogP contribution in [0.3, 0.4) is 0 Å². The summed E-state index contributed by atoms with van der Waals surface area (Å²) in [5, 5.41) is 0. The fourth-order valence-corrected chi connectivity index (χ4v) is 2.17. The van der Waals surface area contributed by atoms with Crippen LogP contribution in [0, 0.1) is 0 Å². The summed E-state index contributed by atoms with van der Waals surface area (Å²) in [6.07, 6.45) is 2.40. The third-order valence-corrected chi connectivity index (χ3v) is 3.22. The van der Waals surface area contributed by atoms with E-state index < -0.39 is 0 Å². The van der Waals surface area contributed by atoms with Crippen LogP contribution in [-0.2, 0) is 6.42 Å². The second-order valence-electron chi connectivity index (χ2n) is 4.34. The molecule has 1 rings (SSSR count). The average Bonchev–Trinajstić information content (AvgIpc) is 2.47. The Balaban J connectivity index is 3.30. The molecule has 0 atom stereocenters. The summed E-state index contributed by atoms with van der Waals surface area (Å²) in [5.74, 6) is 1.23. The normalized spacial score (nSPS) is 10.0. The Labute approximate surface area is 121 Å². The van der Waals surface area contributed by atoms with Crippen molar-refractivity contribution in [2.24, 2.45) is 0 Å². The quantitative estimate of drug-likeness (QED) is 0.719. The first kappa shape index (κ1) is 16.1. The van der Waals surface area contributed by atoms with Gasteiger partial charge < -0.3 is 14.4 Å². The maximum atomic E-state index is 12.4. The van der Waals surface area contributed by atoms with Crippen molar-refractivity contribution in [3.63, 3.8) is 0 Å². The van der Waals surface area contributed by atoms with E-state index in [1.54, 1.807) is 31.3 Å². The van der Waals surface area contributed by atoms with Gasteiger partial charge in [-0.25, -0.2) is 0 Å². The van der Waals surface area contributed by atoms with Gasteiger partial charge in [-0.1, -0.05) is 6.08 Å². The molecule has 1 amide bonds. The fourth-order valence-electron chi connectivity index (χ4n) is 2.17. The second-order valence-corrected chi connectivity index (χ2v) is 4.34. The highest BCUT2D eigenvalue weighted by Gasteiger charge is 2.18. The van der Waals surface area contributed by atoms with Crippen molar-refractivity contribution < 1.29 is 14.3 Å². The van der Waals surface area contributed by atoms with Gasteiger partial charge in [-0.15, -0.1) is 6.58 Å². The number of nitrogens with zero attached hydrogens (tertiary/aromatic N) is 1. The first-order valence-electron chi connectivity index (χ1n) is 6.77. The van der Waals surface area contributed by atoms with Gasteiger partial charge in [0.05, 0.1) is 14.2 Å². The second kappa shape index (κ2) is 7.58. The molecule has 0 heterocycles. The SMILES string of the molecule is C=CCc1cc(C(=O)N(CC)CC)cc(OC)c1OC. The summed E-state index contributed by atoms with van der Waals surface area (Å²) in [7, 11) is 3.16. The van der Waals surface area contributed by atoms with Crippen LogP contribution in [-0.4, -0.2) is 38.1 Å². The van der Waals surface area contributed by atoms with Gasteiger partial charge in [0.1, 0.15) is 0 Å². The molecule has 0 aromatic heterocycles. The summed E-state index contributed by atoms with van der Waals surface area (Å²) in [6, 6.07) is 3.58. The van der Waals surface area contributed by atoms with Crippen LogP contribution in [0.1, 0.15) is 29.8 Å². The highest BCUT2D eigenvalue weighted by molar-refractivity contribution is 5.95. The zero-order chi connectivity index (χ0) is 15.1. The molecule has 0 N–H and O–H groups in total. The molecule has 0 saturated heterocycles. The van der Waals surface area contributed by atoms with E-state index in [4.69, 9.17) is 9.47 Å². The summed E-state index contributed by atoms with van der Waals surface area (Å²) in [4.78, 5) is 14.2. The zero-order valence-electron chi connectivity index (χ0n) is 12.7. The molecule has 4 nitrogen and oxygen atoms in total. The summed E-state index contributed by atoms with van der Waals surface area (Å²) in [5.41, 5.74) is 1.51. The van der Waals surface area contributed by atoms with Crippen LogP contribution < -0.4 is 9.47 Å². The summed E-state index contributed by atoms with van der Waals surface area (Å²) in [6.45, 7) is 9.03. The molecule has 0 saturated carbocycles. The van der Waals surface area contributed by atoms with Crippen LogP contribution in [0.25, 0.3) is 0 Å². The molecular weight excluding hydrogens is 254 g/mol. The number of carbonyl (C=O) groups is 1. The molecule has 4 heteroatoms. The molecule has 1 aromatic rings. The van der Waals surface area contributed by atoms with E-state index in [1.165, 1.54) is 0 Å². The molecule has 0 bridgehead atoms. The van der Waals surface area contributed by atoms with Crippen molar-refractivity contribution in [3.05, 3.63) is 35.9 Å². The van der Waals surface area contributed by atoms with Crippen molar-refractivity contribution in [1.29, 1.82) is 0 Å². The highest BCUT2D eigenvalue weighted by atomic mass is 16.5. The van der Waals surface area contributed by atoms with Gasteiger partial charge in [-0.2, -0.15) is 0 Å². The molecule has 0 spiro atoms. The smallest absolute Gasteiger partial charge is 0.253 e. The van der Waals surface area contributed by atoms with E-state index in [9.17, 15) is 4.79 Å². The number of allylic oxidation sites excluding steroid dienone is 1. The molecule has 0 radical (unpaired) electrons. The van der Waals surface area contributed by atoms with E-state index in [0.717, 1.165) is 5.56 Å². The van der Waals surface area contributed by atoms with E-state index in [-0.39, 0.29) is 5.91 Å². The van der Waals surface area contributed by atoms with Crippen LogP contribution in [0.4, 0.5) is 0 Å². The van der Waals surface area contributed by atoms with Gasteiger partial charge in [-0.05, 0) is 32.4 Å². The Hall–Kier alpha value is -1.97. The Kier molecular flexibility index (Phi) is 6.10. The number of rotatable bonds is 7. The minimum Gasteiger partial charge on any atom is -0.493 e. The number of benzene rings is 1. The van der Waals surface area contributed by atoms with Crippen LogP contribution >= 0.6 is 0 Å². The predicted octanol–water partition coefficient (Wildman–Crippen LogP) is 2.91. The van der Waals surface area contributed by atoms with E-state index in [1.807, 2.05) is 19.9 Å². The standard InChI is InChI=1S/C16H23NO3/c1-6-9-12-10-13(16(18)17(7-2)8-3)11-14(19-4)15(12)20-5/h6,10-11H,1,7-9H2,2-5H3. The number of amides is 1. The molecule has 0 aliphatic rings. The maximum absolute atomic E-state index is 12.4. The maximum Gasteiger partial charge on any atom is 0.253 e. The lowest BCUT2D eigenvalue weighted by Gasteiger charge is -2.20. The molecule has 0 fully saturated rings. The molecule has 1 aromatic carbocycles. The summed E-state index contributed by atoms with van der Waals surface area (Å²) < 4.78 is 10.7. The van der Waals surface area contributed by atoms with E-state index in [0.29, 0.717) is 36.6 Å². The molecule has 110 valence electrons. The van der Waals surface area contributed by atoms with Crippen molar-refractivity contribution in [2.45, 2.75) is 20.3 Å². The lowest BCUT2D eigenvalue weighted by Crippen LogP contribution is -2.30. The van der Waals surface area contributed by atoms with Gasteiger partial charge in [0.2, 0.25) is 0 Å². The summed E-state index contributed by atoms with van der Waals surface area (Å²) >= 11 is 0. The van der Waals surface area contributed by atoms with Crippen LogP contribution in [0.15, 0.2) is 24.8 Å². The van der Waals surface area contributed by atoms with Crippen LogP contribution in [0.2, 0.25) is 0 Å². The highest BCUT2D eigenvalue weighted by Crippen LogP contribution is 2.33. The van der Waals surface area contributed by atoms with Crippen LogP contribution in [0.5, 0.6) is 11.5 Å². The first-order valence-corrected chi connectivity index (χ1v) is 6.77.